The Morgan fingerprint density at radius 2 is 2.05 bits per heavy atom. The maximum absolute atomic E-state index is 11.4. The molecule has 0 heterocycles. The topological polar surface area (TPSA) is 98.5 Å². The van der Waals surface area contributed by atoms with E-state index in [1.54, 1.807) is 6.07 Å². The summed E-state index contributed by atoms with van der Waals surface area (Å²) in [4.78, 5) is 11.5. The van der Waals surface area contributed by atoms with Crippen molar-refractivity contribution in [1.82, 2.24) is 5.32 Å². The fourth-order valence-corrected chi connectivity index (χ4v) is 2.38. The summed E-state index contributed by atoms with van der Waals surface area (Å²) in [5.74, 6) is 0.377. The van der Waals surface area contributed by atoms with Crippen LogP contribution in [0.2, 0.25) is 0 Å². The summed E-state index contributed by atoms with van der Waals surface area (Å²) < 4.78 is 28.4. The number of likely N-dealkylation sites (N-methyl/N-ethyl adjacent to an activating group) is 1. The molecule has 1 rings (SSSR count). The zero-order valence-corrected chi connectivity index (χ0v) is 13.4. The second-order valence-electron chi connectivity index (χ2n) is 4.80. The molecule has 1 atom stereocenters. The molecule has 7 heteroatoms. The molecule has 0 saturated heterocycles. The van der Waals surface area contributed by atoms with Crippen molar-refractivity contribution in [3.8, 4) is 5.75 Å². The van der Waals surface area contributed by atoms with E-state index >= 15 is 0 Å². The van der Waals surface area contributed by atoms with Crippen LogP contribution in [-0.2, 0) is 14.8 Å². The van der Waals surface area contributed by atoms with Gasteiger partial charge in [-0.2, -0.15) is 0 Å². The van der Waals surface area contributed by atoms with Gasteiger partial charge >= 0.3 is 0 Å². The molecule has 3 N–H and O–H groups in total. The maximum Gasteiger partial charge on any atom is 0.257 e. The molecule has 118 valence electrons. The number of benzene rings is 1. The molecule has 1 aromatic rings. The largest absolute Gasteiger partial charge is 0.483 e. The van der Waals surface area contributed by atoms with E-state index in [1.165, 1.54) is 12.1 Å². The van der Waals surface area contributed by atoms with Crippen LogP contribution in [0, 0.1) is 0 Å². The third kappa shape index (κ3) is 5.02. The lowest BCUT2D eigenvalue weighted by Crippen LogP contribution is -2.28. The van der Waals surface area contributed by atoms with Crippen molar-refractivity contribution >= 4 is 15.9 Å². The Labute approximate surface area is 125 Å². The minimum Gasteiger partial charge on any atom is -0.483 e. The highest BCUT2D eigenvalue weighted by Gasteiger charge is 2.16. The Balaban J connectivity index is 3.05. The Morgan fingerprint density at radius 1 is 1.38 bits per heavy atom. The van der Waals surface area contributed by atoms with Gasteiger partial charge in [0.05, 0.1) is 4.90 Å². The standard InChI is InChI=1S/C14H22N2O4S/c1-4-10(3)12-8-11(21(15,18)19)6-7-13(12)20-9-14(17)16-5-2/h6-8,10H,4-5,9H2,1-3H3,(H,16,17)(H2,15,18,19). The van der Waals surface area contributed by atoms with Gasteiger partial charge in [-0.3, -0.25) is 4.79 Å². The molecule has 0 aliphatic rings. The summed E-state index contributed by atoms with van der Waals surface area (Å²) in [5.41, 5.74) is 0.730. The molecule has 1 aromatic carbocycles. The van der Waals surface area contributed by atoms with Crippen molar-refractivity contribution in [3.63, 3.8) is 0 Å². The number of primary sulfonamides is 1. The summed E-state index contributed by atoms with van der Waals surface area (Å²) in [6, 6.07) is 4.44. The van der Waals surface area contributed by atoms with Crippen LogP contribution in [0.15, 0.2) is 23.1 Å². The molecule has 1 amide bonds. The van der Waals surface area contributed by atoms with Gasteiger partial charge in [0, 0.05) is 6.54 Å². The number of hydrogen-bond donors (Lipinski definition) is 2. The Kier molecular flexibility index (Phi) is 6.17. The molecule has 0 aromatic heterocycles. The lowest BCUT2D eigenvalue weighted by atomic mass is 9.98. The quantitative estimate of drug-likeness (QED) is 0.794. The van der Waals surface area contributed by atoms with E-state index in [1.807, 2.05) is 20.8 Å². The van der Waals surface area contributed by atoms with Crippen molar-refractivity contribution in [2.24, 2.45) is 5.14 Å². The van der Waals surface area contributed by atoms with Crippen LogP contribution in [-0.4, -0.2) is 27.5 Å². The van der Waals surface area contributed by atoms with Crippen molar-refractivity contribution in [3.05, 3.63) is 23.8 Å². The number of sulfonamides is 1. The van der Waals surface area contributed by atoms with Gasteiger partial charge in [-0.15, -0.1) is 0 Å². The van der Waals surface area contributed by atoms with Crippen LogP contribution in [0.4, 0.5) is 0 Å². The van der Waals surface area contributed by atoms with Crippen molar-refractivity contribution in [1.29, 1.82) is 0 Å². The number of carbonyl (C=O) groups excluding carboxylic acids is 1. The van der Waals surface area contributed by atoms with Crippen LogP contribution in [0.25, 0.3) is 0 Å². The number of amides is 1. The third-order valence-electron chi connectivity index (χ3n) is 3.19. The van der Waals surface area contributed by atoms with Gasteiger partial charge in [0.25, 0.3) is 5.91 Å². The number of nitrogens with two attached hydrogens (primary N) is 1. The Bertz CT molecular complexity index is 599. The monoisotopic (exact) mass is 314 g/mol. The lowest BCUT2D eigenvalue weighted by Gasteiger charge is -2.16. The Morgan fingerprint density at radius 3 is 2.57 bits per heavy atom. The average molecular weight is 314 g/mol. The second-order valence-corrected chi connectivity index (χ2v) is 6.36. The molecule has 0 aliphatic carbocycles. The fourth-order valence-electron chi connectivity index (χ4n) is 1.83. The molecule has 0 spiro atoms. The van der Waals surface area contributed by atoms with E-state index in [9.17, 15) is 13.2 Å². The van der Waals surface area contributed by atoms with E-state index in [0.717, 1.165) is 12.0 Å². The van der Waals surface area contributed by atoms with E-state index in [4.69, 9.17) is 9.88 Å². The van der Waals surface area contributed by atoms with Crippen LogP contribution >= 0.6 is 0 Å². The zero-order valence-electron chi connectivity index (χ0n) is 12.5. The molecular weight excluding hydrogens is 292 g/mol. The number of hydrogen-bond acceptors (Lipinski definition) is 4. The first-order chi connectivity index (χ1) is 9.79. The summed E-state index contributed by atoms with van der Waals surface area (Å²) in [6.45, 7) is 6.20. The molecule has 0 saturated carbocycles. The highest BCUT2D eigenvalue weighted by molar-refractivity contribution is 7.89. The van der Waals surface area contributed by atoms with Crippen LogP contribution < -0.4 is 15.2 Å². The van der Waals surface area contributed by atoms with Gasteiger partial charge in [-0.05, 0) is 43.0 Å². The number of rotatable bonds is 7. The van der Waals surface area contributed by atoms with Crippen molar-refractivity contribution < 1.29 is 17.9 Å². The lowest BCUT2D eigenvalue weighted by molar-refractivity contribution is -0.123. The molecular formula is C14H22N2O4S. The smallest absolute Gasteiger partial charge is 0.257 e. The van der Waals surface area contributed by atoms with E-state index < -0.39 is 10.0 Å². The Hall–Kier alpha value is -1.60. The van der Waals surface area contributed by atoms with Gasteiger partial charge in [0.2, 0.25) is 10.0 Å². The highest BCUT2D eigenvalue weighted by atomic mass is 32.2. The van der Waals surface area contributed by atoms with Crippen LogP contribution in [0.1, 0.15) is 38.7 Å². The van der Waals surface area contributed by atoms with Gasteiger partial charge in [-0.1, -0.05) is 13.8 Å². The minimum atomic E-state index is -3.76. The number of carbonyl (C=O) groups is 1. The summed E-state index contributed by atoms with van der Waals surface area (Å²) in [6.07, 6.45) is 0.811. The fraction of sp³-hybridized carbons (Fsp3) is 0.500. The van der Waals surface area contributed by atoms with Gasteiger partial charge in [-0.25, -0.2) is 13.6 Å². The average Bonchev–Trinajstić information content (AvgIpc) is 2.43. The summed E-state index contributed by atoms with van der Waals surface area (Å²) in [7, 11) is -3.76. The highest BCUT2D eigenvalue weighted by Crippen LogP contribution is 2.30. The summed E-state index contributed by atoms with van der Waals surface area (Å²) >= 11 is 0. The van der Waals surface area contributed by atoms with E-state index in [0.29, 0.717) is 12.3 Å². The molecule has 21 heavy (non-hydrogen) atoms. The number of nitrogens with one attached hydrogen (secondary N) is 1. The predicted octanol–water partition coefficient (Wildman–Crippen LogP) is 1.36. The van der Waals surface area contributed by atoms with Gasteiger partial charge in [0.15, 0.2) is 6.61 Å². The van der Waals surface area contributed by atoms with Gasteiger partial charge in [0.1, 0.15) is 5.75 Å². The number of ether oxygens (including phenoxy) is 1. The van der Waals surface area contributed by atoms with E-state index in [2.05, 4.69) is 5.32 Å². The molecule has 0 bridgehead atoms. The summed E-state index contributed by atoms with van der Waals surface area (Å²) in [5, 5.41) is 7.78. The van der Waals surface area contributed by atoms with E-state index in [-0.39, 0.29) is 23.3 Å². The molecule has 1 unspecified atom stereocenters. The van der Waals surface area contributed by atoms with Crippen LogP contribution in [0.5, 0.6) is 5.75 Å². The minimum absolute atomic E-state index is 0.0446. The first-order valence-corrected chi connectivity index (χ1v) is 8.40. The second kappa shape index (κ2) is 7.42. The van der Waals surface area contributed by atoms with Crippen molar-refractivity contribution in [2.45, 2.75) is 38.0 Å². The SMILES string of the molecule is CCNC(=O)COc1ccc(S(N)(=O)=O)cc1C(C)CC. The molecule has 0 radical (unpaired) electrons. The molecule has 0 aliphatic heterocycles. The zero-order chi connectivity index (χ0) is 16.0. The predicted molar refractivity (Wildman–Crippen MR) is 80.7 cm³/mol. The molecule has 0 fully saturated rings. The first kappa shape index (κ1) is 17.5. The first-order valence-electron chi connectivity index (χ1n) is 6.85. The normalized spacial score (nSPS) is 12.8. The van der Waals surface area contributed by atoms with Crippen LogP contribution in [0.3, 0.4) is 0 Å². The molecule has 6 nitrogen and oxygen atoms in total. The maximum atomic E-state index is 11.4. The third-order valence-corrected chi connectivity index (χ3v) is 4.10. The van der Waals surface area contributed by atoms with Crippen molar-refractivity contribution in [2.75, 3.05) is 13.2 Å². The van der Waals surface area contributed by atoms with Gasteiger partial charge < -0.3 is 10.1 Å².